The first-order valence-corrected chi connectivity index (χ1v) is 5.09. The number of methoxy groups -OCH3 is 1. The van der Waals surface area contributed by atoms with Gasteiger partial charge in [0.15, 0.2) is 0 Å². The van der Waals surface area contributed by atoms with E-state index in [9.17, 15) is 0 Å². The zero-order valence-corrected chi connectivity index (χ0v) is 9.56. The van der Waals surface area contributed by atoms with E-state index in [1.807, 2.05) is 4.90 Å². The van der Waals surface area contributed by atoms with E-state index in [4.69, 9.17) is 14.9 Å². The Labute approximate surface area is 90.2 Å². The molecule has 15 heavy (non-hydrogen) atoms. The predicted molar refractivity (Wildman–Crippen MR) is 58.8 cm³/mol. The first kappa shape index (κ1) is 12.0. The van der Waals surface area contributed by atoms with Crippen LogP contribution in [0.2, 0.25) is 0 Å². The number of hydrogen-bond donors (Lipinski definition) is 1. The molecule has 1 rings (SSSR count). The Morgan fingerprint density at radius 3 is 2.80 bits per heavy atom. The third-order valence-electron chi connectivity index (χ3n) is 2.15. The number of hydrogen-bond acceptors (Lipinski definition) is 5. The number of nitrogens with zero attached hydrogens (tertiary/aromatic N) is 2. The summed E-state index contributed by atoms with van der Waals surface area (Å²) in [5, 5.41) is 0. The standard InChI is InChI=1S/C10H19N3O2/c1-8(2)13(4-5-14-3)10-12-9(6-11)7-15-10/h7-8H,4-6,11H2,1-3H3. The molecule has 0 aliphatic rings. The summed E-state index contributed by atoms with van der Waals surface area (Å²) in [6.45, 7) is 5.99. The molecule has 86 valence electrons. The van der Waals surface area contributed by atoms with Crippen molar-refractivity contribution < 1.29 is 9.15 Å². The highest BCUT2D eigenvalue weighted by Gasteiger charge is 2.15. The van der Waals surface area contributed by atoms with Gasteiger partial charge in [-0.1, -0.05) is 0 Å². The molecule has 0 fully saturated rings. The fourth-order valence-electron chi connectivity index (χ4n) is 1.29. The van der Waals surface area contributed by atoms with E-state index in [0.717, 1.165) is 12.2 Å². The molecule has 5 heteroatoms. The van der Waals surface area contributed by atoms with Gasteiger partial charge in [-0.25, -0.2) is 0 Å². The average molecular weight is 213 g/mol. The van der Waals surface area contributed by atoms with E-state index in [0.29, 0.717) is 25.2 Å². The molecule has 1 heterocycles. The summed E-state index contributed by atoms with van der Waals surface area (Å²) < 4.78 is 10.4. The lowest BCUT2D eigenvalue weighted by Gasteiger charge is -2.24. The van der Waals surface area contributed by atoms with Crippen LogP contribution in [0.5, 0.6) is 0 Å². The van der Waals surface area contributed by atoms with Crippen molar-refractivity contribution >= 4 is 6.01 Å². The summed E-state index contributed by atoms with van der Waals surface area (Å²) in [4.78, 5) is 6.33. The molecular formula is C10H19N3O2. The Bertz CT molecular complexity index is 286. The van der Waals surface area contributed by atoms with Crippen molar-refractivity contribution in [1.82, 2.24) is 4.98 Å². The molecular weight excluding hydrogens is 194 g/mol. The summed E-state index contributed by atoms with van der Waals surface area (Å²) in [5.41, 5.74) is 6.25. The molecule has 0 unspecified atom stereocenters. The lowest BCUT2D eigenvalue weighted by atomic mass is 10.3. The zero-order valence-electron chi connectivity index (χ0n) is 9.56. The minimum Gasteiger partial charge on any atom is -0.432 e. The number of anilines is 1. The maximum Gasteiger partial charge on any atom is 0.297 e. The zero-order chi connectivity index (χ0) is 11.3. The van der Waals surface area contributed by atoms with E-state index in [2.05, 4.69) is 18.8 Å². The Morgan fingerprint density at radius 1 is 1.60 bits per heavy atom. The minimum absolute atomic E-state index is 0.324. The van der Waals surface area contributed by atoms with Crippen molar-refractivity contribution in [3.05, 3.63) is 12.0 Å². The molecule has 2 N–H and O–H groups in total. The van der Waals surface area contributed by atoms with Gasteiger partial charge in [-0.2, -0.15) is 4.98 Å². The van der Waals surface area contributed by atoms with Crippen LogP contribution >= 0.6 is 0 Å². The smallest absolute Gasteiger partial charge is 0.297 e. The van der Waals surface area contributed by atoms with Gasteiger partial charge in [-0.05, 0) is 13.8 Å². The van der Waals surface area contributed by atoms with Crippen LogP contribution < -0.4 is 10.6 Å². The average Bonchev–Trinajstić information content (AvgIpc) is 2.66. The summed E-state index contributed by atoms with van der Waals surface area (Å²) >= 11 is 0. The summed E-state index contributed by atoms with van der Waals surface area (Å²) in [5.74, 6) is 0. The summed E-state index contributed by atoms with van der Waals surface area (Å²) in [6, 6.07) is 0.937. The van der Waals surface area contributed by atoms with Crippen molar-refractivity contribution in [2.24, 2.45) is 5.73 Å². The quantitative estimate of drug-likeness (QED) is 0.763. The monoisotopic (exact) mass is 213 g/mol. The summed E-state index contributed by atoms with van der Waals surface area (Å²) in [6.07, 6.45) is 1.59. The van der Waals surface area contributed by atoms with E-state index < -0.39 is 0 Å². The van der Waals surface area contributed by atoms with Crippen LogP contribution in [0.25, 0.3) is 0 Å². The molecule has 5 nitrogen and oxygen atoms in total. The predicted octanol–water partition coefficient (Wildman–Crippen LogP) is 0.994. The number of rotatable bonds is 6. The second-order valence-corrected chi connectivity index (χ2v) is 3.61. The largest absolute Gasteiger partial charge is 0.432 e. The number of aromatic nitrogens is 1. The van der Waals surface area contributed by atoms with Gasteiger partial charge in [0, 0.05) is 26.2 Å². The molecule has 0 bridgehead atoms. The second kappa shape index (κ2) is 5.72. The van der Waals surface area contributed by atoms with Crippen molar-refractivity contribution in [3.63, 3.8) is 0 Å². The first-order valence-electron chi connectivity index (χ1n) is 5.09. The van der Waals surface area contributed by atoms with Gasteiger partial charge in [-0.15, -0.1) is 0 Å². The molecule has 0 amide bonds. The highest BCUT2D eigenvalue weighted by Crippen LogP contribution is 2.15. The molecule has 0 atom stereocenters. The van der Waals surface area contributed by atoms with Crippen molar-refractivity contribution in [1.29, 1.82) is 0 Å². The highest BCUT2D eigenvalue weighted by atomic mass is 16.5. The van der Waals surface area contributed by atoms with Crippen LogP contribution in [0, 0.1) is 0 Å². The Kier molecular flexibility index (Phi) is 4.58. The molecule has 1 aromatic heterocycles. The lowest BCUT2D eigenvalue weighted by Crippen LogP contribution is -2.34. The van der Waals surface area contributed by atoms with E-state index >= 15 is 0 Å². The molecule has 0 aliphatic heterocycles. The molecule has 0 aromatic carbocycles. The van der Waals surface area contributed by atoms with Gasteiger partial charge < -0.3 is 19.8 Å². The highest BCUT2D eigenvalue weighted by molar-refractivity contribution is 5.28. The second-order valence-electron chi connectivity index (χ2n) is 3.61. The Hall–Kier alpha value is -1.07. The maximum atomic E-state index is 5.47. The van der Waals surface area contributed by atoms with E-state index in [1.54, 1.807) is 13.4 Å². The summed E-state index contributed by atoms with van der Waals surface area (Å²) in [7, 11) is 1.68. The molecule has 0 spiro atoms. The third kappa shape index (κ3) is 3.21. The van der Waals surface area contributed by atoms with Crippen LogP contribution in [0.15, 0.2) is 10.7 Å². The molecule has 0 saturated carbocycles. The van der Waals surface area contributed by atoms with Gasteiger partial charge in [0.2, 0.25) is 0 Å². The lowest BCUT2D eigenvalue weighted by molar-refractivity contribution is 0.202. The van der Waals surface area contributed by atoms with Gasteiger partial charge in [0.1, 0.15) is 6.26 Å². The van der Waals surface area contributed by atoms with Gasteiger partial charge >= 0.3 is 0 Å². The van der Waals surface area contributed by atoms with Crippen LogP contribution in [-0.2, 0) is 11.3 Å². The fraction of sp³-hybridized carbons (Fsp3) is 0.700. The SMILES string of the molecule is COCCN(c1nc(CN)co1)C(C)C. The van der Waals surface area contributed by atoms with E-state index in [-0.39, 0.29) is 0 Å². The Balaban J connectivity index is 2.70. The number of ether oxygens (including phenoxy) is 1. The molecule has 0 aliphatic carbocycles. The van der Waals surface area contributed by atoms with Crippen LogP contribution in [0.1, 0.15) is 19.5 Å². The van der Waals surface area contributed by atoms with Crippen LogP contribution in [0.3, 0.4) is 0 Å². The third-order valence-corrected chi connectivity index (χ3v) is 2.15. The van der Waals surface area contributed by atoms with Crippen molar-refractivity contribution in [3.8, 4) is 0 Å². The fourth-order valence-corrected chi connectivity index (χ4v) is 1.29. The Morgan fingerprint density at radius 2 is 2.33 bits per heavy atom. The topological polar surface area (TPSA) is 64.5 Å². The molecule has 0 radical (unpaired) electrons. The number of nitrogens with two attached hydrogens (primary N) is 1. The van der Waals surface area contributed by atoms with Gasteiger partial charge in [0.05, 0.1) is 12.3 Å². The molecule has 1 aromatic rings. The number of oxazole rings is 1. The van der Waals surface area contributed by atoms with Crippen LogP contribution in [-0.4, -0.2) is 31.3 Å². The van der Waals surface area contributed by atoms with E-state index in [1.165, 1.54) is 0 Å². The van der Waals surface area contributed by atoms with Crippen molar-refractivity contribution in [2.75, 3.05) is 25.2 Å². The van der Waals surface area contributed by atoms with Crippen molar-refractivity contribution in [2.45, 2.75) is 26.4 Å². The van der Waals surface area contributed by atoms with Crippen LogP contribution in [0.4, 0.5) is 6.01 Å². The molecule has 0 saturated heterocycles. The first-order chi connectivity index (χ1) is 7.19. The normalized spacial score (nSPS) is 11.0. The minimum atomic E-state index is 0.324. The van der Waals surface area contributed by atoms with Gasteiger partial charge in [-0.3, -0.25) is 0 Å². The maximum absolute atomic E-state index is 5.47. The van der Waals surface area contributed by atoms with Gasteiger partial charge in [0.25, 0.3) is 6.01 Å².